The number of rotatable bonds is 8. The molecular formula is C13H20N2O9. The summed E-state index contributed by atoms with van der Waals surface area (Å²) in [5.41, 5.74) is 5.14. The molecule has 11 nitrogen and oxygen atoms in total. The van der Waals surface area contributed by atoms with Crippen LogP contribution < -0.4 is 5.73 Å². The van der Waals surface area contributed by atoms with Crippen molar-refractivity contribution in [3.05, 3.63) is 0 Å². The highest BCUT2D eigenvalue weighted by Crippen LogP contribution is 2.17. The van der Waals surface area contributed by atoms with Gasteiger partial charge < -0.3 is 25.4 Å². The van der Waals surface area contributed by atoms with Gasteiger partial charge in [-0.15, -0.1) is 0 Å². The Hall–Kier alpha value is -2.37. The number of carboxylic acid groups (broad SMARTS) is 2. The van der Waals surface area contributed by atoms with Gasteiger partial charge in [0, 0.05) is 33.6 Å². The first-order valence-electron chi connectivity index (χ1n) is 6.77. The van der Waals surface area contributed by atoms with Gasteiger partial charge in [0.15, 0.2) is 18.1 Å². The topological polar surface area (TPSA) is 174 Å². The molecule has 0 aromatic carbocycles. The highest BCUT2D eigenvalue weighted by Gasteiger charge is 2.43. The van der Waals surface area contributed by atoms with Gasteiger partial charge in [-0.2, -0.15) is 0 Å². The molecule has 11 heteroatoms. The van der Waals surface area contributed by atoms with Crippen molar-refractivity contribution < 1.29 is 43.7 Å². The molecule has 1 unspecified atom stereocenters. The minimum absolute atomic E-state index is 0.164. The number of hydrogen-bond donors (Lipinski definition) is 3. The van der Waals surface area contributed by atoms with Crippen LogP contribution in [0.2, 0.25) is 0 Å². The lowest BCUT2D eigenvalue weighted by Gasteiger charge is -2.20. The summed E-state index contributed by atoms with van der Waals surface area (Å²) in [5, 5.41) is 17.2. The molecule has 0 bridgehead atoms. The van der Waals surface area contributed by atoms with Crippen molar-refractivity contribution in [3.63, 3.8) is 0 Å². The number of ketones is 1. The summed E-state index contributed by atoms with van der Waals surface area (Å²) in [4.78, 5) is 55.4. The van der Waals surface area contributed by atoms with E-state index in [2.05, 4.69) is 0 Å². The quantitative estimate of drug-likeness (QED) is 0.258. The van der Waals surface area contributed by atoms with E-state index in [-0.39, 0.29) is 19.1 Å². The largest absolute Gasteiger partial charge is 0.481 e. The SMILES string of the molecule is COC(CN)OC.O=C(O)CC(=O)C(C(=O)O)N1C(=O)CCC1=O. The van der Waals surface area contributed by atoms with Gasteiger partial charge in [0.2, 0.25) is 11.8 Å². The predicted octanol–water partition coefficient (Wildman–Crippen LogP) is -1.80. The molecule has 0 radical (unpaired) electrons. The van der Waals surface area contributed by atoms with Crippen LogP contribution in [0.4, 0.5) is 0 Å². The molecule has 0 saturated carbocycles. The summed E-state index contributed by atoms with van der Waals surface area (Å²) in [6, 6.07) is -2.03. The van der Waals surface area contributed by atoms with Crippen LogP contribution in [0.15, 0.2) is 0 Å². The van der Waals surface area contributed by atoms with E-state index in [1.165, 1.54) is 0 Å². The molecule has 1 aliphatic rings. The normalized spacial score (nSPS) is 15.1. The maximum atomic E-state index is 11.4. The molecule has 0 aromatic heterocycles. The molecule has 1 aliphatic heterocycles. The van der Waals surface area contributed by atoms with Crippen LogP contribution in [0.25, 0.3) is 0 Å². The fourth-order valence-corrected chi connectivity index (χ4v) is 1.81. The van der Waals surface area contributed by atoms with Crippen molar-refractivity contribution >= 4 is 29.5 Å². The third-order valence-electron chi connectivity index (χ3n) is 2.93. The van der Waals surface area contributed by atoms with Gasteiger partial charge in [-0.05, 0) is 0 Å². The number of likely N-dealkylation sites (tertiary alicyclic amines) is 1. The van der Waals surface area contributed by atoms with Gasteiger partial charge in [0.25, 0.3) is 0 Å². The second-order valence-electron chi connectivity index (χ2n) is 4.57. The van der Waals surface area contributed by atoms with Gasteiger partial charge in [-0.3, -0.25) is 24.1 Å². The van der Waals surface area contributed by atoms with Crippen molar-refractivity contribution in [2.45, 2.75) is 31.6 Å². The number of nitrogens with two attached hydrogens (primary N) is 1. The van der Waals surface area contributed by atoms with E-state index in [0.717, 1.165) is 0 Å². The van der Waals surface area contributed by atoms with Crippen LogP contribution in [0.3, 0.4) is 0 Å². The van der Waals surface area contributed by atoms with Crippen molar-refractivity contribution in [2.75, 3.05) is 20.8 Å². The zero-order valence-corrected chi connectivity index (χ0v) is 13.3. The number of imide groups is 1. The average Bonchev–Trinajstić information content (AvgIpc) is 2.81. The predicted molar refractivity (Wildman–Crippen MR) is 76.6 cm³/mol. The molecule has 1 atom stereocenters. The lowest BCUT2D eigenvalue weighted by molar-refractivity contribution is -0.159. The van der Waals surface area contributed by atoms with E-state index in [1.807, 2.05) is 0 Å². The van der Waals surface area contributed by atoms with Crippen LogP contribution in [-0.2, 0) is 33.4 Å². The Morgan fingerprint density at radius 2 is 1.58 bits per heavy atom. The van der Waals surface area contributed by atoms with Crippen molar-refractivity contribution in [3.8, 4) is 0 Å². The molecule has 1 fully saturated rings. The van der Waals surface area contributed by atoms with Gasteiger partial charge in [0.05, 0.1) is 0 Å². The summed E-state index contributed by atoms with van der Waals surface area (Å²) in [7, 11) is 3.11. The monoisotopic (exact) mass is 348 g/mol. The van der Waals surface area contributed by atoms with Crippen LogP contribution in [-0.4, -0.2) is 77.7 Å². The van der Waals surface area contributed by atoms with Gasteiger partial charge in [-0.1, -0.05) is 0 Å². The van der Waals surface area contributed by atoms with E-state index in [1.54, 1.807) is 14.2 Å². The van der Waals surface area contributed by atoms with Crippen molar-refractivity contribution in [1.29, 1.82) is 0 Å². The first-order chi connectivity index (χ1) is 11.2. The van der Waals surface area contributed by atoms with Gasteiger partial charge in [-0.25, -0.2) is 4.79 Å². The minimum Gasteiger partial charge on any atom is -0.481 e. The lowest BCUT2D eigenvalue weighted by Crippen LogP contribution is -2.49. The van der Waals surface area contributed by atoms with Gasteiger partial charge in [0.1, 0.15) is 6.42 Å². The number of Topliss-reactive ketones (excluding diaryl/α,β-unsaturated/α-hetero) is 1. The fraction of sp³-hybridized carbons (Fsp3) is 0.615. The molecule has 1 heterocycles. The first kappa shape index (κ1) is 21.6. The number of carboxylic acids is 2. The molecule has 0 aromatic rings. The van der Waals surface area contributed by atoms with E-state index in [4.69, 9.17) is 25.4 Å². The standard InChI is InChI=1S/C9H9NO7.C4H11NO2/c11-4(3-7(14)15)8(9(16)17)10-5(12)1-2-6(10)13;1-6-4(3-5)7-2/h8H,1-3H2,(H,14,15)(H,16,17);4H,3,5H2,1-2H3. The third kappa shape index (κ3) is 6.40. The Morgan fingerprint density at radius 1 is 1.12 bits per heavy atom. The second kappa shape index (κ2) is 10.4. The summed E-state index contributed by atoms with van der Waals surface area (Å²) < 4.78 is 9.40. The second-order valence-corrected chi connectivity index (χ2v) is 4.57. The number of amides is 2. The Labute approximate surface area is 137 Å². The molecule has 136 valence electrons. The Bertz CT molecular complexity index is 480. The highest BCUT2D eigenvalue weighted by molar-refractivity contribution is 6.15. The number of carbonyl (C=O) groups is 5. The summed E-state index contributed by atoms with van der Waals surface area (Å²) in [6.07, 6.45) is -1.61. The number of methoxy groups -OCH3 is 2. The van der Waals surface area contributed by atoms with Crippen LogP contribution in [0.1, 0.15) is 19.3 Å². The van der Waals surface area contributed by atoms with Crippen molar-refractivity contribution in [1.82, 2.24) is 4.90 Å². The lowest BCUT2D eigenvalue weighted by atomic mass is 10.1. The molecular weight excluding hydrogens is 328 g/mol. The van der Waals surface area contributed by atoms with Crippen molar-refractivity contribution in [2.24, 2.45) is 5.73 Å². The molecule has 0 spiro atoms. The molecule has 0 aliphatic carbocycles. The number of aliphatic carboxylic acids is 2. The van der Waals surface area contributed by atoms with E-state index in [9.17, 15) is 24.0 Å². The van der Waals surface area contributed by atoms with Crippen LogP contribution in [0, 0.1) is 0 Å². The Morgan fingerprint density at radius 3 is 1.83 bits per heavy atom. The molecule has 2 amide bonds. The number of carbonyl (C=O) groups excluding carboxylic acids is 3. The third-order valence-corrected chi connectivity index (χ3v) is 2.93. The summed E-state index contributed by atoms with van der Waals surface area (Å²) >= 11 is 0. The molecule has 1 rings (SSSR count). The van der Waals surface area contributed by atoms with E-state index < -0.39 is 42.0 Å². The Balaban J connectivity index is 0.000000640. The first-order valence-corrected chi connectivity index (χ1v) is 6.77. The smallest absolute Gasteiger partial charge is 0.334 e. The molecule has 4 N–H and O–H groups in total. The maximum absolute atomic E-state index is 11.4. The van der Waals surface area contributed by atoms with E-state index in [0.29, 0.717) is 11.4 Å². The number of nitrogens with zero attached hydrogens (tertiary/aromatic N) is 1. The van der Waals surface area contributed by atoms with Crippen LogP contribution in [0.5, 0.6) is 0 Å². The zero-order valence-electron chi connectivity index (χ0n) is 13.3. The average molecular weight is 348 g/mol. The number of hydrogen-bond acceptors (Lipinski definition) is 8. The van der Waals surface area contributed by atoms with E-state index >= 15 is 0 Å². The Kier molecular flexibility index (Phi) is 9.38. The minimum atomic E-state index is -2.03. The molecule has 24 heavy (non-hydrogen) atoms. The fourth-order valence-electron chi connectivity index (χ4n) is 1.81. The summed E-state index contributed by atoms with van der Waals surface area (Å²) in [6.45, 7) is 0.410. The highest BCUT2D eigenvalue weighted by atomic mass is 16.7. The van der Waals surface area contributed by atoms with Crippen LogP contribution >= 0.6 is 0 Å². The summed E-state index contributed by atoms with van der Waals surface area (Å²) in [5.74, 6) is -5.98. The maximum Gasteiger partial charge on any atom is 0.334 e. The molecule has 1 saturated heterocycles. The zero-order chi connectivity index (χ0) is 18.9. The van der Waals surface area contributed by atoms with Gasteiger partial charge >= 0.3 is 11.9 Å². The number of ether oxygens (including phenoxy) is 2.